The van der Waals surface area contributed by atoms with Crippen molar-refractivity contribution >= 4 is 27.7 Å². The Hall–Kier alpha value is -3.35. The number of anilines is 1. The second kappa shape index (κ2) is 11.2. The summed E-state index contributed by atoms with van der Waals surface area (Å²) in [4.78, 5) is 12.5. The molecule has 2 aromatic carbocycles. The van der Waals surface area contributed by atoms with Crippen molar-refractivity contribution in [3.05, 3.63) is 53.6 Å². The fourth-order valence-corrected chi connectivity index (χ4v) is 3.03. The van der Waals surface area contributed by atoms with Gasteiger partial charge in [-0.2, -0.15) is 5.26 Å². The number of benzene rings is 2. The van der Waals surface area contributed by atoms with Gasteiger partial charge in [-0.1, -0.05) is 13.8 Å². The van der Waals surface area contributed by atoms with Gasteiger partial charge < -0.3 is 14.8 Å². The van der Waals surface area contributed by atoms with Gasteiger partial charge in [-0.25, -0.2) is 13.6 Å². The summed E-state index contributed by atoms with van der Waals surface area (Å²) < 4.78 is 34.0. The van der Waals surface area contributed by atoms with Crippen molar-refractivity contribution in [1.29, 1.82) is 5.26 Å². The number of hydrogen-bond acceptors (Lipinski definition) is 6. The van der Waals surface area contributed by atoms with E-state index in [2.05, 4.69) is 5.32 Å². The number of sulfonamides is 1. The van der Waals surface area contributed by atoms with Gasteiger partial charge in [0.15, 0.2) is 0 Å². The highest BCUT2D eigenvalue weighted by atomic mass is 32.2. The molecule has 0 aliphatic carbocycles. The molecule has 0 radical (unpaired) electrons. The second-order valence-electron chi connectivity index (χ2n) is 6.59. The Labute approximate surface area is 182 Å². The first-order valence-corrected chi connectivity index (χ1v) is 11.3. The maximum Gasteiger partial charge on any atom is 0.266 e. The second-order valence-corrected chi connectivity index (χ2v) is 8.15. The summed E-state index contributed by atoms with van der Waals surface area (Å²) in [7, 11) is -3.83. The summed E-state index contributed by atoms with van der Waals surface area (Å²) in [6.07, 6.45) is 3.09. The molecule has 0 fully saturated rings. The van der Waals surface area contributed by atoms with Crippen LogP contribution in [0.25, 0.3) is 6.08 Å². The van der Waals surface area contributed by atoms with E-state index in [4.69, 9.17) is 14.6 Å². The first-order valence-electron chi connectivity index (χ1n) is 9.74. The van der Waals surface area contributed by atoms with Crippen molar-refractivity contribution in [1.82, 2.24) is 0 Å². The SMILES string of the molecule is CCCOc1ccc(/C=C(\C#N)C(=O)Nc2ccc(S(N)(=O)=O)cc2)c(OCCC)c1. The van der Waals surface area contributed by atoms with Crippen LogP contribution in [0.3, 0.4) is 0 Å². The number of carbonyl (C=O) groups excluding carboxylic acids is 1. The first-order chi connectivity index (χ1) is 14.8. The zero-order chi connectivity index (χ0) is 22.9. The molecule has 0 spiro atoms. The highest BCUT2D eigenvalue weighted by Gasteiger charge is 2.13. The summed E-state index contributed by atoms with van der Waals surface area (Å²) in [6, 6.07) is 12.4. The number of nitrogens with two attached hydrogens (primary N) is 1. The van der Waals surface area contributed by atoms with Crippen LogP contribution in [0.5, 0.6) is 11.5 Å². The van der Waals surface area contributed by atoms with Crippen molar-refractivity contribution in [3.63, 3.8) is 0 Å². The molecule has 0 saturated carbocycles. The molecule has 164 valence electrons. The minimum atomic E-state index is -3.83. The van der Waals surface area contributed by atoms with E-state index in [1.165, 1.54) is 30.3 Å². The molecule has 0 aliphatic rings. The topological polar surface area (TPSA) is 132 Å². The van der Waals surface area contributed by atoms with Gasteiger partial charge in [0.05, 0.1) is 18.1 Å². The van der Waals surface area contributed by atoms with E-state index in [1.807, 2.05) is 19.9 Å². The van der Waals surface area contributed by atoms with Crippen molar-refractivity contribution in [2.45, 2.75) is 31.6 Å². The normalized spacial score (nSPS) is 11.5. The molecular formula is C22H25N3O5S. The Bertz CT molecular complexity index is 1090. The van der Waals surface area contributed by atoms with Crippen LogP contribution in [-0.2, 0) is 14.8 Å². The Balaban J connectivity index is 2.26. The number of nitriles is 1. The smallest absolute Gasteiger partial charge is 0.266 e. The highest BCUT2D eigenvalue weighted by Crippen LogP contribution is 2.28. The number of hydrogen-bond donors (Lipinski definition) is 2. The Kier molecular flexibility index (Phi) is 8.61. The van der Waals surface area contributed by atoms with Gasteiger partial charge in [0.2, 0.25) is 10.0 Å². The molecule has 31 heavy (non-hydrogen) atoms. The third kappa shape index (κ3) is 7.13. The lowest BCUT2D eigenvalue weighted by atomic mass is 10.1. The monoisotopic (exact) mass is 443 g/mol. The molecule has 0 bridgehead atoms. The van der Waals surface area contributed by atoms with E-state index < -0.39 is 15.9 Å². The van der Waals surface area contributed by atoms with E-state index in [1.54, 1.807) is 18.2 Å². The Morgan fingerprint density at radius 1 is 1.10 bits per heavy atom. The van der Waals surface area contributed by atoms with Gasteiger partial charge in [-0.05, 0) is 55.3 Å². The molecule has 1 amide bonds. The highest BCUT2D eigenvalue weighted by molar-refractivity contribution is 7.89. The predicted molar refractivity (Wildman–Crippen MR) is 118 cm³/mol. The average Bonchev–Trinajstić information content (AvgIpc) is 2.74. The molecular weight excluding hydrogens is 418 g/mol. The lowest BCUT2D eigenvalue weighted by Crippen LogP contribution is -2.14. The lowest BCUT2D eigenvalue weighted by Gasteiger charge is -2.12. The maximum atomic E-state index is 12.6. The predicted octanol–water partition coefficient (Wildman–Crippen LogP) is 3.46. The molecule has 8 nitrogen and oxygen atoms in total. The fourth-order valence-electron chi connectivity index (χ4n) is 2.51. The zero-order valence-corrected chi connectivity index (χ0v) is 18.2. The summed E-state index contributed by atoms with van der Waals surface area (Å²) in [5.74, 6) is 0.509. The van der Waals surface area contributed by atoms with Crippen molar-refractivity contribution in [3.8, 4) is 17.6 Å². The Morgan fingerprint density at radius 2 is 1.74 bits per heavy atom. The van der Waals surface area contributed by atoms with Gasteiger partial charge in [-0.3, -0.25) is 4.79 Å². The molecule has 0 aromatic heterocycles. The number of nitrogens with zero attached hydrogens (tertiary/aromatic N) is 1. The minimum absolute atomic E-state index is 0.0790. The number of nitrogens with one attached hydrogen (secondary N) is 1. The number of amides is 1. The third-order valence-corrected chi connectivity index (χ3v) is 4.95. The summed E-state index contributed by atoms with van der Waals surface area (Å²) in [5.41, 5.74) is 0.747. The Morgan fingerprint density at radius 3 is 2.32 bits per heavy atom. The van der Waals surface area contributed by atoms with Crippen LogP contribution in [0.2, 0.25) is 0 Å². The summed E-state index contributed by atoms with van der Waals surface area (Å²) in [5, 5.41) is 17.1. The van der Waals surface area contributed by atoms with Gasteiger partial charge in [0.1, 0.15) is 23.1 Å². The molecule has 0 aliphatic heterocycles. The van der Waals surface area contributed by atoms with Crippen molar-refractivity contribution < 1.29 is 22.7 Å². The van der Waals surface area contributed by atoms with E-state index in [0.29, 0.717) is 36.0 Å². The average molecular weight is 444 g/mol. The van der Waals surface area contributed by atoms with Gasteiger partial charge in [0, 0.05) is 17.3 Å². The van der Waals surface area contributed by atoms with Crippen molar-refractivity contribution in [2.75, 3.05) is 18.5 Å². The maximum absolute atomic E-state index is 12.6. The van der Waals surface area contributed by atoms with Crippen LogP contribution in [0, 0.1) is 11.3 Å². The molecule has 0 saturated heterocycles. The van der Waals surface area contributed by atoms with E-state index in [-0.39, 0.29) is 10.5 Å². The van der Waals surface area contributed by atoms with Crippen LogP contribution in [0.4, 0.5) is 5.69 Å². The van der Waals surface area contributed by atoms with Gasteiger partial charge >= 0.3 is 0 Å². The quantitative estimate of drug-likeness (QED) is 0.427. The summed E-state index contributed by atoms with van der Waals surface area (Å²) in [6.45, 7) is 5.02. The molecule has 2 rings (SSSR count). The standard InChI is InChI=1S/C22H25N3O5S/c1-3-11-29-19-8-5-16(21(14-19)30-12-4-2)13-17(15-23)22(26)25-18-6-9-20(10-7-18)31(24,27)28/h5-10,13-14H,3-4,11-12H2,1-2H3,(H,25,26)(H2,24,27,28)/b17-13+. The number of primary sulfonamides is 1. The van der Waals surface area contributed by atoms with E-state index in [9.17, 15) is 18.5 Å². The van der Waals surface area contributed by atoms with Crippen LogP contribution in [0.15, 0.2) is 52.9 Å². The van der Waals surface area contributed by atoms with Gasteiger partial charge in [-0.15, -0.1) is 0 Å². The zero-order valence-electron chi connectivity index (χ0n) is 17.4. The molecule has 0 atom stereocenters. The van der Waals surface area contributed by atoms with Crippen LogP contribution in [-0.4, -0.2) is 27.5 Å². The van der Waals surface area contributed by atoms with E-state index in [0.717, 1.165) is 12.8 Å². The van der Waals surface area contributed by atoms with E-state index >= 15 is 0 Å². The molecule has 2 aromatic rings. The number of carbonyl (C=O) groups is 1. The van der Waals surface area contributed by atoms with Crippen LogP contribution >= 0.6 is 0 Å². The molecule has 0 unspecified atom stereocenters. The number of ether oxygens (including phenoxy) is 2. The lowest BCUT2D eigenvalue weighted by molar-refractivity contribution is -0.112. The largest absolute Gasteiger partial charge is 0.493 e. The first kappa shape index (κ1) is 23.9. The van der Waals surface area contributed by atoms with Gasteiger partial charge in [0.25, 0.3) is 5.91 Å². The fraction of sp³-hybridized carbons (Fsp3) is 0.273. The van der Waals surface area contributed by atoms with Crippen LogP contribution < -0.4 is 19.9 Å². The minimum Gasteiger partial charge on any atom is -0.493 e. The summed E-state index contributed by atoms with van der Waals surface area (Å²) >= 11 is 0. The molecule has 9 heteroatoms. The molecule has 3 N–H and O–H groups in total. The third-order valence-electron chi connectivity index (χ3n) is 4.03. The number of rotatable bonds is 10. The van der Waals surface area contributed by atoms with Crippen molar-refractivity contribution in [2.24, 2.45) is 5.14 Å². The van der Waals surface area contributed by atoms with Crippen LogP contribution in [0.1, 0.15) is 32.3 Å². The molecule has 0 heterocycles.